The van der Waals surface area contributed by atoms with Gasteiger partial charge in [0.15, 0.2) is 0 Å². The van der Waals surface area contributed by atoms with Crippen molar-refractivity contribution in [2.75, 3.05) is 17.6 Å². The van der Waals surface area contributed by atoms with Crippen molar-refractivity contribution in [3.05, 3.63) is 53.9 Å². The van der Waals surface area contributed by atoms with Gasteiger partial charge in [-0.25, -0.2) is 0 Å². The Bertz CT molecular complexity index is 571. The molecule has 3 nitrogen and oxygen atoms in total. The van der Waals surface area contributed by atoms with E-state index in [1.807, 2.05) is 30.5 Å². The Morgan fingerprint density at radius 3 is 2.52 bits per heavy atom. The Kier molecular flexibility index (Phi) is 4.84. The first kappa shape index (κ1) is 15.4. The summed E-state index contributed by atoms with van der Waals surface area (Å²) in [6, 6.07) is 12.2. The van der Waals surface area contributed by atoms with Gasteiger partial charge in [-0.15, -0.1) is 0 Å². The van der Waals surface area contributed by atoms with Crippen molar-refractivity contribution >= 4 is 11.4 Å². The van der Waals surface area contributed by atoms with E-state index in [1.54, 1.807) is 0 Å². The third-order valence-corrected chi connectivity index (χ3v) is 3.36. The second-order valence-corrected chi connectivity index (χ2v) is 6.62. The van der Waals surface area contributed by atoms with Crippen LogP contribution in [-0.2, 0) is 12.8 Å². The zero-order valence-electron chi connectivity index (χ0n) is 13.2. The smallest absolute Gasteiger partial charge is 0.0606 e. The maximum absolute atomic E-state index is 6.14. The Morgan fingerprint density at radius 2 is 1.86 bits per heavy atom. The molecule has 0 fully saturated rings. The number of rotatable bonds is 5. The van der Waals surface area contributed by atoms with Gasteiger partial charge in [-0.05, 0) is 42.0 Å². The molecule has 1 aromatic carbocycles. The molecule has 2 rings (SSSR count). The highest BCUT2D eigenvalue weighted by molar-refractivity contribution is 5.70. The molecule has 0 saturated carbocycles. The minimum absolute atomic E-state index is 0.223. The number of nitrogen functional groups attached to an aromatic ring is 1. The minimum atomic E-state index is 0.223. The van der Waals surface area contributed by atoms with E-state index in [4.69, 9.17) is 5.73 Å². The Hall–Kier alpha value is -2.03. The van der Waals surface area contributed by atoms with Crippen LogP contribution in [0.1, 0.15) is 32.0 Å². The van der Waals surface area contributed by atoms with Crippen LogP contribution >= 0.6 is 0 Å². The molecule has 0 radical (unpaired) electrons. The summed E-state index contributed by atoms with van der Waals surface area (Å²) in [5, 5.41) is 3.51. The average Bonchev–Trinajstić information content (AvgIpc) is 2.44. The van der Waals surface area contributed by atoms with E-state index >= 15 is 0 Å². The molecule has 0 aliphatic heterocycles. The van der Waals surface area contributed by atoms with E-state index in [9.17, 15) is 0 Å². The molecule has 0 atom stereocenters. The molecular formula is C18H25N3. The number of nitrogens with one attached hydrogen (secondary N) is 1. The van der Waals surface area contributed by atoms with Crippen LogP contribution in [0.2, 0.25) is 0 Å². The lowest BCUT2D eigenvalue weighted by molar-refractivity contribution is 0.443. The zero-order chi connectivity index (χ0) is 15.3. The van der Waals surface area contributed by atoms with Gasteiger partial charge in [0, 0.05) is 18.4 Å². The molecule has 112 valence electrons. The number of hydrogen-bond acceptors (Lipinski definition) is 3. The molecule has 0 bridgehead atoms. The van der Waals surface area contributed by atoms with Crippen molar-refractivity contribution in [3.8, 4) is 0 Å². The first-order valence-corrected chi connectivity index (χ1v) is 7.47. The van der Waals surface area contributed by atoms with E-state index < -0.39 is 0 Å². The van der Waals surface area contributed by atoms with Crippen molar-refractivity contribution in [3.63, 3.8) is 0 Å². The number of pyridine rings is 1. The lowest BCUT2D eigenvalue weighted by atomic mass is 9.96. The third-order valence-electron chi connectivity index (χ3n) is 3.36. The van der Waals surface area contributed by atoms with Gasteiger partial charge in [-0.3, -0.25) is 4.98 Å². The fourth-order valence-electron chi connectivity index (χ4n) is 2.21. The van der Waals surface area contributed by atoms with Crippen LogP contribution in [0.25, 0.3) is 0 Å². The van der Waals surface area contributed by atoms with Crippen molar-refractivity contribution in [1.82, 2.24) is 4.98 Å². The minimum Gasteiger partial charge on any atom is -0.397 e. The first-order valence-electron chi connectivity index (χ1n) is 7.47. The van der Waals surface area contributed by atoms with Crippen molar-refractivity contribution < 1.29 is 0 Å². The number of para-hydroxylation sites is 1. The second kappa shape index (κ2) is 6.61. The number of benzene rings is 1. The number of anilines is 2. The van der Waals surface area contributed by atoms with Gasteiger partial charge < -0.3 is 11.1 Å². The topological polar surface area (TPSA) is 50.9 Å². The first-order chi connectivity index (χ1) is 9.96. The van der Waals surface area contributed by atoms with Gasteiger partial charge in [0.05, 0.1) is 11.4 Å². The van der Waals surface area contributed by atoms with E-state index in [0.29, 0.717) is 0 Å². The standard InChI is InChI=1S/C18H25N3/c1-18(2,3)13-21-17-14(7-6-9-16(17)19)10-11-15-8-4-5-12-20-15/h4-9,12,21H,10-11,13,19H2,1-3H3. The predicted octanol–water partition coefficient (Wildman–Crippen LogP) is 3.91. The third kappa shape index (κ3) is 4.78. The van der Waals surface area contributed by atoms with Gasteiger partial charge in [0.1, 0.15) is 0 Å². The molecule has 3 N–H and O–H groups in total. The second-order valence-electron chi connectivity index (χ2n) is 6.62. The molecule has 3 heteroatoms. The molecule has 0 amide bonds. The Morgan fingerprint density at radius 1 is 1.05 bits per heavy atom. The van der Waals surface area contributed by atoms with E-state index in [0.717, 1.165) is 36.5 Å². The molecule has 0 unspecified atom stereocenters. The lowest BCUT2D eigenvalue weighted by Gasteiger charge is -2.22. The molecule has 0 spiro atoms. The van der Waals surface area contributed by atoms with Gasteiger partial charge in [-0.2, -0.15) is 0 Å². The van der Waals surface area contributed by atoms with Gasteiger partial charge in [-0.1, -0.05) is 39.0 Å². The Labute approximate surface area is 127 Å². The highest BCUT2D eigenvalue weighted by atomic mass is 14.9. The van der Waals surface area contributed by atoms with E-state index in [1.165, 1.54) is 5.56 Å². The highest BCUT2D eigenvalue weighted by Crippen LogP contribution is 2.26. The van der Waals surface area contributed by atoms with Gasteiger partial charge in [0.2, 0.25) is 0 Å². The molecular weight excluding hydrogens is 258 g/mol. The van der Waals surface area contributed by atoms with Gasteiger partial charge in [0.25, 0.3) is 0 Å². The van der Waals surface area contributed by atoms with Crippen LogP contribution in [0.15, 0.2) is 42.6 Å². The number of aryl methyl sites for hydroxylation is 2. The summed E-state index contributed by atoms with van der Waals surface area (Å²) in [6.45, 7) is 7.55. The molecule has 2 aromatic rings. The van der Waals surface area contributed by atoms with Crippen molar-refractivity contribution in [2.45, 2.75) is 33.6 Å². The van der Waals surface area contributed by atoms with Crippen molar-refractivity contribution in [2.24, 2.45) is 5.41 Å². The van der Waals surface area contributed by atoms with E-state index in [2.05, 4.69) is 43.2 Å². The maximum atomic E-state index is 6.14. The summed E-state index contributed by atoms with van der Waals surface area (Å²) in [4.78, 5) is 4.38. The summed E-state index contributed by atoms with van der Waals surface area (Å²) < 4.78 is 0. The number of nitrogens with zero attached hydrogens (tertiary/aromatic N) is 1. The average molecular weight is 283 g/mol. The van der Waals surface area contributed by atoms with Crippen LogP contribution < -0.4 is 11.1 Å². The van der Waals surface area contributed by atoms with E-state index in [-0.39, 0.29) is 5.41 Å². The van der Waals surface area contributed by atoms with Crippen LogP contribution in [0.3, 0.4) is 0 Å². The van der Waals surface area contributed by atoms with Crippen LogP contribution in [0.5, 0.6) is 0 Å². The molecule has 1 heterocycles. The van der Waals surface area contributed by atoms with Crippen LogP contribution in [0.4, 0.5) is 11.4 Å². The number of aromatic nitrogens is 1. The Balaban J connectivity index is 2.10. The number of hydrogen-bond donors (Lipinski definition) is 2. The summed E-state index contributed by atoms with van der Waals surface area (Å²) in [6.07, 6.45) is 3.70. The summed E-state index contributed by atoms with van der Waals surface area (Å²) >= 11 is 0. The largest absolute Gasteiger partial charge is 0.397 e. The van der Waals surface area contributed by atoms with Crippen LogP contribution in [-0.4, -0.2) is 11.5 Å². The lowest BCUT2D eigenvalue weighted by Crippen LogP contribution is -2.20. The normalized spacial score (nSPS) is 11.4. The molecule has 0 aliphatic carbocycles. The summed E-state index contributed by atoms with van der Waals surface area (Å²) in [5.41, 5.74) is 10.6. The SMILES string of the molecule is CC(C)(C)CNc1c(N)cccc1CCc1ccccn1. The fraction of sp³-hybridized carbons (Fsp3) is 0.389. The fourth-order valence-corrected chi connectivity index (χ4v) is 2.21. The van der Waals surface area contributed by atoms with Gasteiger partial charge >= 0.3 is 0 Å². The number of nitrogens with two attached hydrogens (primary N) is 1. The molecule has 0 aliphatic rings. The van der Waals surface area contributed by atoms with Crippen molar-refractivity contribution in [1.29, 1.82) is 0 Å². The monoisotopic (exact) mass is 283 g/mol. The maximum Gasteiger partial charge on any atom is 0.0606 e. The zero-order valence-corrected chi connectivity index (χ0v) is 13.2. The quantitative estimate of drug-likeness (QED) is 0.818. The molecule has 1 aromatic heterocycles. The molecule has 0 saturated heterocycles. The van der Waals surface area contributed by atoms with Crippen LogP contribution in [0, 0.1) is 5.41 Å². The highest BCUT2D eigenvalue weighted by Gasteiger charge is 2.12. The summed E-state index contributed by atoms with van der Waals surface area (Å²) in [7, 11) is 0. The molecule has 21 heavy (non-hydrogen) atoms. The predicted molar refractivity (Wildman–Crippen MR) is 90.4 cm³/mol. The summed E-state index contributed by atoms with van der Waals surface area (Å²) in [5.74, 6) is 0.